The van der Waals surface area contributed by atoms with Crippen molar-refractivity contribution in [2.24, 2.45) is 5.92 Å². The molecule has 10 heteroatoms. The molecule has 30 heavy (non-hydrogen) atoms. The van der Waals surface area contributed by atoms with Crippen LogP contribution < -0.4 is 5.32 Å². The summed E-state index contributed by atoms with van der Waals surface area (Å²) < 4.78 is 28.0. The smallest absolute Gasteiger partial charge is 0.323 e. The van der Waals surface area contributed by atoms with Crippen LogP contribution in [-0.2, 0) is 14.8 Å². The minimum absolute atomic E-state index is 0.125. The maximum Gasteiger partial charge on any atom is 0.326 e. The van der Waals surface area contributed by atoms with E-state index in [1.165, 1.54) is 9.21 Å². The van der Waals surface area contributed by atoms with E-state index in [-0.39, 0.29) is 29.4 Å². The average Bonchev–Trinajstić information content (AvgIpc) is 2.96. The Morgan fingerprint density at radius 3 is 2.57 bits per heavy atom. The normalized spacial score (nSPS) is 28.9. The van der Waals surface area contributed by atoms with Gasteiger partial charge in [0.2, 0.25) is 10.0 Å². The number of urea groups is 1. The van der Waals surface area contributed by atoms with Gasteiger partial charge in [0.15, 0.2) is 0 Å². The monoisotopic (exact) mass is 498 g/mol. The first-order valence-corrected chi connectivity index (χ1v) is 12.6. The van der Waals surface area contributed by atoms with Crippen LogP contribution in [0.25, 0.3) is 0 Å². The van der Waals surface area contributed by atoms with Crippen LogP contribution in [0.15, 0.2) is 33.6 Å². The van der Waals surface area contributed by atoms with Gasteiger partial charge < -0.3 is 5.32 Å². The number of halogens is 1. The van der Waals surface area contributed by atoms with Crippen molar-refractivity contribution in [3.8, 4) is 0 Å². The Hall–Kier alpha value is -1.49. The molecule has 1 N–H and O–H groups in total. The van der Waals surface area contributed by atoms with E-state index in [2.05, 4.69) is 21.2 Å². The van der Waals surface area contributed by atoms with Gasteiger partial charge in [-0.05, 0) is 37.0 Å². The maximum atomic E-state index is 13.1. The molecular weight excluding hydrogens is 472 g/mol. The standard InChI is InChI=1S/C20H27BrN4O4S/c1-15-5-2-3-8-20(15)18(26)25(19(27)22-20)14-23-9-11-24(12-10-23)30(28,29)17-7-4-6-16(21)13-17/h4,6-7,13,15H,2-3,5,8-12,14H2,1H3,(H,22,27). The Bertz CT molecular complexity index is 948. The number of amides is 3. The van der Waals surface area contributed by atoms with Gasteiger partial charge in [0.1, 0.15) is 5.54 Å². The second-order valence-corrected chi connectivity index (χ2v) is 11.3. The molecule has 1 aliphatic carbocycles. The number of hydrogen-bond donors (Lipinski definition) is 1. The van der Waals surface area contributed by atoms with Crippen molar-refractivity contribution in [3.63, 3.8) is 0 Å². The number of benzene rings is 1. The summed E-state index contributed by atoms with van der Waals surface area (Å²) >= 11 is 3.32. The zero-order valence-corrected chi connectivity index (χ0v) is 19.4. The molecule has 2 atom stereocenters. The van der Waals surface area contributed by atoms with E-state index in [0.29, 0.717) is 37.1 Å². The van der Waals surface area contributed by atoms with E-state index >= 15 is 0 Å². The molecule has 1 saturated carbocycles. The molecule has 3 amide bonds. The molecule has 164 valence electrons. The van der Waals surface area contributed by atoms with Gasteiger partial charge >= 0.3 is 6.03 Å². The summed E-state index contributed by atoms with van der Waals surface area (Å²) in [5.74, 6) is -0.0104. The molecule has 8 nitrogen and oxygen atoms in total. The van der Waals surface area contributed by atoms with Gasteiger partial charge in [-0.3, -0.25) is 9.69 Å². The van der Waals surface area contributed by atoms with E-state index < -0.39 is 15.6 Å². The summed E-state index contributed by atoms with van der Waals surface area (Å²) in [5, 5.41) is 2.97. The van der Waals surface area contributed by atoms with E-state index in [9.17, 15) is 18.0 Å². The topological polar surface area (TPSA) is 90.0 Å². The molecule has 0 bridgehead atoms. The number of rotatable bonds is 4. The van der Waals surface area contributed by atoms with Gasteiger partial charge in [-0.2, -0.15) is 4.31 Å². The summed E-state index contributed by atoms with van der Waals surface area (Å²) in [6.07, 6.45) is 3.65. The minimum Gasteiger partial charge on any atom is -0.323 e. The molecule has 2 saturated heterocycles. The van der Waals surface area contributed by atoms with E-state index in [1.807, 2.05) is 11.8 Å². The molecule has 4 rings (SSSR count). The van der Waals surface area contributed by atoms with Crippen LogP contribution in [-0.4, -0.2) is 72.8 Å². The molecule has 1 aromatic rings. The number of nitrogens with one attached hydrogen (secondary N) is 1. The fraction of sp³-hybridized carbons (Fsp3) is 0.600. The summed E-state index contributed by atoms with van der Waals surface area (Å²) in [4.78, 5) is 29.2. The van der Waals surface area contributed by atoms with Crippen LogP contribution >= 0.6 is 15.9 Å². The minimum atomic E-state index is -3.57. The molecule has 1 aromatic carbocycles. The van der Waals surface area contributed by atoms with Crippen molar-refractivity contribution in [1.82, 2.24) is 19.4 Å². The van der Waals surface area contributed by atoms with Crippen molar-refractivity contribution >= 4 is 37.9 Å². The van der Waals surface area contributed by atoms with Crippen molar-refractivity contribution in [1.29, 1.82) is 0 Å². The van der Waals surface area contributed by atoms with Crippen molar-refractivity contribution in [2.45, 2.75) is 43.0 Å². The SMILES string of the molecule is CC1CCCCC12NC(=O)N(CN1CCN(S(=O)(=O)c3cccc(Br)c3)CC1)C2=O. The van der Waals surface area contributed by atoms with Gasteiger partial charge in [-0.15, -0.1) is 0 Å². The predicted molar refractivity (Wildman–Crippen MR) is 115 cm³/mol. The lowest BCUT2D eigenvalue weighted by Gasteiger charge is -2.38. The molecular formula is C20H27BrN4O4S. The Morgan fingerprint density at radius 2 is 1.90 bits per heavy atom. The van der Waals surface area contributed by atoms with Crippen molar-refractivity contribution in [2.75, 3.05) is 32.8 Å². The van der Waals surface area contributed by atoms with Crippen LogP contribution in [0.1, 0.15) is 32.6 Å². The highest BCUT2D eigenvalue weighted by Gasteiger charge is 2.55. The highest BCUT2D eigenvalue weighted by Crippen LogP contribution is 2.38. The van der Waals surface area contributed by atoms with Gasteiger partial charge in [-0.25, -0.2) is 18.1 Å². The van der Waals surface area contributed by atoms with Gasteiger partial charge in [0.25, 0.3) is 5.91 Å². The number of imide groups is 1. The summed E-state index contributed by atoms with van der Waals surface area (Å²) in [6.45, 7) is 3.80. The van der Waals surface area contributed by atoms with Gasteiger partial charge in [0, 0.05) is 30.7 Å². The maximum absolute atomic E-state index is 13.1. The Labute approximate surface area is 185 Å². The summed E-state index contributed by atoms with van der Waals surface area (Å²) in [5.41, 5.74) is -0.763. The first-order valence-electron chi connectivity index (χ1n) is 10.4. The quantitative estimate of drug-likeness (QED) is 0.642. The zero-order valence-electron chi connectivity index (χ0n) is 17.0. The first kappa shape index (κ1) is 21.7. The number of carbonyl (C=O) groups excluding carboxylic acids is 2. The first-order chi connectivity index (χ1) is 14.2. The van der Waals surface area contributed by atoms with Crippen LogP contribution in [0, 0.1) is 5.92 Å². The molecule has 0 radical (unpaired) electrons. The predicted octanol–water partition coefficient (Wildman–Crippen LogP) is 2.21. The lowest BCUT2D eigenvalue weighted by atomic mass is 9.73. The molecule has 3 aliphatic rings. The molecule has 3 fully saturated rings. The Morgan fingerprint density at radius 1 is 1.17 bits per heavy atom. The second-order valence-electron chi connectivity index (χ2n) is 8.40. The largest absolute Gasteiger partial charge is 0.326 e. The van der Waals surface area contributed by atoms with Gasteiger partial charge in [0.05, 0.1) is 11.6 Å². The zero-order chi connectivity index (χ0) is 21.5. The van der Waals surface area contributed by atoms with Crippen LogP contribution in [0.2, 0.25) is 0 Å². The third-order valence-electron chi connectivity index (χ3n) is 6.61. The molecule has 2 heterocycles. The number of hydrogen-bond acceptors (Lipinski definition) is 5. The second kappa shape index (κ2) is 8.22. The molecule has 2 unspecified atom stereocenters. The fourth-order valence-corrected chi connectivity index (χ4v) is 6.73. The number of nitrogens with zero attached hydrogens (tertiary/aromatic N) is 3. The number of sulfonamides is 1. The number of piperazine rings is 1. The molecule has 2 aliphatic heterocycles. The fourth-order valence-electron chi connectivity index (χ4n) is 4.71. The third-order valence-corrected chi connectivity index (χ3v) is 9.00. The number of carbonyl (C=O) groups is 2. The average molecular weight is 499 g/mol. The van der Waals surface area contributed by atoms with Crippen molar-refractivity contribution < 1.29 is 18.0 Å². The molecule has 1 spiro atoms. The van der Waals surface area contributed by atoms with E-state index in [4.69, 9.17) is 0 Å². The summed E-state index contributed by atoms with van der Waals surface area (Å²) in [6, 6.07) is 6.34. The van der Waals surface area contributed by atoms with Crippen LogP contribution in [0.4, 0.5) is 4.79 Å². The summed E-state index contributed by atoms with van der Waals surface area (Å²) in [7, 11) is -3.57. The highest BCUT2D eigenvalue weighted by atomic mass is 79.9. The van der Waals surface area contributed by atoms with Crippen molar-refractivity contribution in [3.05, 3.63) is 28.7 Å². The Kier molecular flexibility index (Phi) is 5.95. The third kappa shape index (κ3) is 3.79. The lowest BCUT2D eigenvalue weighted by molar-refractivity contribution is -0.135. The van der Waals surface area contributed by atoms with Gasteiger partial charge in [-0.1, -0.05) is 41.8 Å². The van der Waals surface area contributed by atoms with E-state index in [1.54, 1.807) is 24.3 Å². The van der Waals surface area contributed by atoms with Crippen LogP contribution in [0.5, 0.6) is 0 Å². The van der Waals surface area contributed by atoms with Crippen LogP contribution in [0.3, 0.4) is 0 Å². The lowest BCUT2D eigenvalue weighted by Crippen LogP contribution is -2.55. The Balaban J connectivity index is 1.39. The molecule has 0 aromatic heterocycles. The van der Waals surface area contributed by atoms with E-state index in [0.717, 1.165) is 19.3 Å². The highest BCUT2D eigenvalue weighted by molar-refractivity contribution is 9.10.